The fourth-order valence-electron chi connectivity index (χ4n) is 1.09. The Bertz CT molecular complexity index is 431. The Balaban J connectivity index is 0.00000225. The molecule has 1 rings (SSSR count). The Labute approximate surface area is 90.8 Å². The monoisotopic (exact) mass is 229 g/mol. The van der Waals surface area contributed by atoms with Gasteiger partial charge < -0.3 is 0 Å². The molecule has 0 spiro atoms. The second kappa shape index (κ2) is 4.93. The standard InChI is InChI=1S/C10H13NO3S.H2/c1-2-6-10(12)11-15(13,14)9-7-4-3-5-8-9;/h3-5,7-8H,2,6H2,1H3,(H,11,12);1H. The summed E-state index contributed by atoms with van der Waals surface area (Å²) in [6.07, 6.45) is 0.836. The first-order chi connectivity index (χ1) is 7.06. The molecule has 1 N–H and O–H groups in total. The van der Waals surface area contributed by atoms with Gasteiger partial charge in [-0.1, -0.05) is 25.1 Å². The van der Waals surface area contributed by atoms with Crippen molar-refractivity contribution < 1.29 is 14.6 Å². The van der Waals surface area contributed by atoms with Crippen LogP contribution in [0.2, 0.25) is 0 Å². The number of hydrogen-bond acceptors (Lipinski definition) is 3. The highest BCUT2D eigenvalue weighted by atomic mass is 32.2. The molecule has 0 aliphatic carbocycles. The van der Waals surface area contributed by atoms with Crippen LogP contribution in [0.1, 0.15) is 21.2 Å². The van der Waals surface area contributed by atoms with Crippen molar-refractivity contribution in [3.8, 4) is 0 Å². The van der Waals surface area contributed by atoms with Gasteiger partial charge in [-0.2, -0.15) is 0 Å². The Morgan fingerprint density at radius 1 is 1.33 bits per heavy atom. The molecule has 0 aromatic heterocycles. The summed E-state index contributed by atoms with van der Waals surface area (Å²) < 4.78 is 25.2. The van der Waals surface area contributed by atoms with E-state index in [0.29, 0.717) is 6.42 Å². The van der Waals surface area contributed by atoms with Crippen LogP contribution in [0.5, 0.6) is 0 Å². The summed E-state index contributed by atoms with van der Waals surface area (Å²) in [4.78, 5) is 11.2. The molecule has 0 saturated carbocycles. The summed E-state index contributed by atoms with van der Waals surface area (Å²) in [5.41, 5.74) is 0. The van der Waals surface area contributed by atoms with Crippen molar-refractivity contribution in [2.75, 3.05) is 0 Å². The molecule has 1 aromatic rings. The largest absolute Gasteiger partial charge is 0.274 e. The third-order valence-electron chi connectivity index (χ3n) is 1.78. The van der Waals surface area contributed by atoms with Gasteiger partial charge in [-0.25, -0.2) is 13.1 Å². The Kier molecular flexibility index (Phi) is 3.85. The minimum Gasteiger partial charge on any atom is -0.274 e. The average Bonchev–Trinajstić information content (AvgIpc) is 2.18. The van der Waals surface area contributed by atoms with E-state index in [-0.39, 0.29) is 12.7 Å². The minimum absolute atomic E-state index is 0. The van der Waals surface area contributed by atoms with Crippen LogP contribution >= 0.6 is 0 Å². The number of carbonyl (C=O) groups is 1. The lowest BCUT2D eigenvalue weighted by Crippen LogP contribution is -2.30. The first-order valence-corrected chi connectivity index (χ1v) is 6.15. The van der Waals surface area contributed by atoms with E-state index in [4.69, 9.17) is 0 Å². The maximum Gasteiger partial charge on any atom is 0.264 e. The normalized spacial score (nSPS) is 11.0. The van der Waals surface area contributed by atoms with Gasteiger partial charge in [0.25, 0.3) is 10.0 Å². The third-order valence-corrected chi connectivity index (χ3v) is 3.17. The summed E-state index contributed by atoms with van der Waals surface area (Å²) >= 11 is 0. The number of nitrogens with one attached hydrogen (secondary N) is 1. The Morgan fingerprint density at radius 3 is 2.47 bits per heavy atom. The molecule has 0 aliphatic rings. The molecule has 5 heteroatoms. The minimum atomic E-state index is -3.68. The predicted octanol–water partition coefficient (Wildman–Crippen LogP) is 1.54. The zero-order chi connectivity index (χ0) is 11.3. The second-order valence-corrected chi connectivity index (χ2v) is 4.77. The van der Waals surface area contributed by atoms with E-state index in [9.17, 15) is 13.2 Å². The van der Waals surface area contributed by atoms with E-state index in [1.807, 2.05) is 11.6 Å². The van der Waals surface area contributed by atoms with Gasteiger partial charge in [-0.15, -0.1) is 0 Å². The third kappa shape index (κ3) is 3.36. The van der Waals surface area contributed by atoms with Gasteiger partial charge in [0.2, 0.25) is 5.91 Å². The quantitative estimate of drug-likeness (QED) is 0.851. The highest BCUT2D eigenvalue weighted by Gasteiger charge is 2.15. The number of sulfonamides is 1. The molecule has 1 amide bonds. The molecule has 0 fully saturated rings. The number of rotatable bonds is 4. The molecule has 1 aromatic carbocycles. The maximum atomic E-state index is 11.6. The van der Waals surface area contributed by atoms with E-state index in [0.717, 1.165) is 0 Å². The summed E-state index contributed by atoms with van der Waals surface area (Å²) in [7, 11) is -3.68. The van der Waals surface area contributed by atoms with Crippen LogP contribution < -0.4 is 4.72 Å². The molecule has 4 nitrogen and oxygen atoms in total. The fraction of sp³-hybridized carbons (Fsp3) is 0.300. The van der Waals surface area contributed by atoms with Gasteiger partial charge in [0, 0.05) is 7.85 Å². The summed E-state index contributed by atoms with van der Waals surface area (Å²) in [5.74, 6) is -0.471. The van der Waals surface area contributed by atoms with Crippen molar-refractivity contribution >= 4 is 15.9 Å². The van der Waals surface area contributed by atoms with Crippen LogP contribution in [0.4, 0.5) is 0 Å². The van der Waals surface area contributed by atoms with Gasteiger partial charge in [0.15, 0.2) is 0 Å². The number of hydrogen-bond donors (Lipinski definition) is 1. The van der Waals surface area contributed by atoms with Crippen LogP contribution in [0.15, 0.2) is 35.2 Å². The Hall–Kier alpha value is -1.36. The first-order valence-electron chi connectivity index (χ1n) is 4.67. The SMILES string of the molecule is CCCC(=O)NS(=O)(=O)c1ccccc1.[HH]. The van der Waals surface area contributed by atoms with Gasteiger partial charge >= 0.3 is 0 Å². The van der Waals surface area contributed by atoms with Crippen LogP contribution in [0, 0.1) is 0 Å². The highest BCUT2D eigenvalue weighted by Crippen LogP contribution is 2.07. The van der Waals surface area contributed by atoms with E-state index >= 15 is 0 Å². The number of benzene rings is 1. The van der Waals surface area contributed by atoms with E-state index in [1.165, 1.54) is 12.1 Å². The average molecular weight is 229 g/mol. The number of amides is 1. The molecular weight excluding hydrogens is 214 g/mol. The van der Waals surface area contributed by atoms with E-state index in [2.05, 4.69) is 0 Å². The Morgan fingerprint density at radius 2 is 1.93 bits per heavy atom. The second-order valence-electron chi connectivity index (χ2n) is 3.09. The van der Waals surface area contributed by atoms with E-state index < -0.39 is 15.9 Å². The first kappa shape index (κ1) is 11.7. The van der Waals surface area contributed by atoms with Crippen LogP contribution in [0.3, 0.4) is 0 Å². The van der Waals surface area contributed by atoms with Gasteiger partial charge in [0.1, 0.15) is 0 Å². The zero-order valence-corrected chi connectivity index (χ0v) is 9.25. The number of carbonyl (C=O) groups excluding carboxylic acids is 1. The summed E-state index contributed by atoms with van der Waals surface area (Å²) in [6, 6.07) is 7.83. The summed E-state index contributed by atoms with van der Waals surface area (Å²) in [6.45, 7) is 1.81. The molecular formula is C10H15NO3S. The summed E-state index contributed by atoms with van der Waals surface area (Å²) in [5, 5.41) is 0. The molecule has 15 heavy (non-hydrogen) atoms. The molecule has 0 bridgehead atoms. The topological polar surface area (TPSA) is 63.2 Å². The maximum absolute atomic E-state index is 11.6. The zero-order valence-electron chi connectivity index (χ0n) is 8.43. The van der Waals surface area contributed by atoms with Crippen molar-refractivity contribution in [1.82, 2.24) is 4.72 Å². The van der Waals surface area contributed by atoms with E-state index in [1.54, 1.807) is 18.2 Å². The van der Waals surface area contributed by atoms with Crippen LogP contribution in [0.25, 0.3) is 0 Å². The lowest BCUT2D eigenvalue weighted by Gasteiger charge is -2.05. The van der Waals surface area contributed by atoms with Gasteiger partial charge in [0.05, 0.1) is 4.90 Å². The van der Waals surface area contributed by atoms with Crippen LogP contribution in [-0.4, -0.2) is 14.3 Å². The molecule has 0 heterocycles. The molecule has 0 unspecified atom stereocenters. The van der Waals surface area contributed by atoms with Crippen molar-refractivity contribution in [2.45, 2.75) is 24.7 Å². The molecule has 0 saturated heterocycles. The lowest BCUT2D eigenvalue weighted by atomic mass is 10.3. The van der Waals surface area contributed by atoms with Crippen LogP contribution in [-0.2, 0) is 14.8 Å². The predicted molar refractivity (Wildman–Crippen MR) is 58.8 cm³/mol. The molecule has 84 valence electrons. The van der Waals surface area contributed by atoms with Gasteiger partial charge in [-0.3, -0.25) is 4.79 Å². The van der Waals surface area contributed by atoms with Crippen molar-refractivity contribution in [3.63, 3.8) is 0 Å². The lowest BCUT2D eigenvalue weighted by molar-refractivity contribution is -0.119. The smallest absolute Gasteiger partial charge is 0.264 e. The highest BCUT2D eigenvalue weighted by molar-refractivity contribution is 7.90. The fourth-order valence-corrected chi connectivity index (χ4v) is 2.12. The van der Waals surface area contributed by atoms with Crippen molar-refractivity contribution in [2.24, 2.45) is 0 Å². The molecule has 0 atom stereocenters. The van der Waals surface area contributed by atoms with Crippen molar-refractivity contribution in [1.29, 1.82) is 0 Å². The van der Waals surface area contributed by atoms with Crippen molar-refractivity contribution in [3.05, 3.63) is 30.3 Å². The molecule has 0 aliphatic heterocycles. The van der Waals surface area contributed by atoms with Gasteiger partial charge in [-0.05, 0) is 18.6 Å². The molecule has 0 radical (unpaired) electrons.